The summed E-state index contributed by atoms with van der Waals surface area (Å²) in [6.45, 7) is 1.91. The molecule has 4 nitrogen and oxygen atoms in total. The summed E-state index contributed by atoms with van der Waals surface area (Å²) >= 11 is 3.89. The number of thiol groups is 1. The molecule has 1 amide bonds. The second-order valence-corrected chi connectivity index (χ2v) is 3.54. The van der Waals surface area contributed by atoms with E-state index in [4.69, 9.17) is 9.47 Å². The molecule has 0 saturated heterocycles. The molecule has 1 aromatic rings. The molecule has 0 fully saturated rings. The number of hydrogen-bond donors (Lipinski definition) is 2. The van der Waals surface area contributed by atoms with Crippen LogP contribution in [0.4, 0.5) is 5.69 Å². The molecule has 0 aliphatic rings. The van der Waals surface area contributed by atoms with Crippen LogP contribution in [0.25, 0.3) is 0 Å². The fourth-order valence-electron chi connectivity index (χ4n) is 1.34. The predicted molar refractivity (Wildman–Crippen MR) is 66.8 cm³/mol. The topological polar surface area (TPSA) is 47.6 Å². The Balaban J connectivity index is 3.09. The molecule has 0 unspecified atom stereocenters. The first-order chi connectivity index (χ1) is 7.62. The van der Waals surface area contributed by atoms with Crippen molar-refractivity contribution in [1.29, 1.82) is 0 Å². The van der Waals surface area contributed by atoms with Gasteiger partial charge in [-0.15, -0.1) is 0 Å². The van der Waals surface area contributed by atoms with Crippen molar-refractivity contribution in [2.24, 2.45) is 0 Å². The zero-order chi connectivity index (χ0) is 12.1. The van der Waals surface area contributed by atoms with E-state index in [1.54, 1.807) is 20.3 Å². The third-order valence-electron chi connectivity index (χ3n) is 2.13. The van der Waals surface area contributed by atoms with Crippen LogP contribution in [0.5, 0.6) is 11.5 Å². The average molecular weight is 241 g/mol. The predicted octanol–water partition coefficient (Wildman–Crippen LogP) is 1.88. The first-order valence-electron chi connectivity index (χ1n) is 4.75. The van der Waals surface area contributed by atoms with Crippen molar-refractivity contribution < 1.29 is 14.3 Å². The van der Waals surface area contributed by atoms with Gasteiger partial charge >= 0.3 is 0 Å². The van der Waals surface area contributed by atoms with E-state index >= 15 is 0 Å². The van der Waals surface area contributed by atoms with Gasteiger partial charge in [0.1, 0.15) is 11.5 Å². The minimum atomic E-state index is -0.187. The first-order valence-corrected chi connectivity index (χ1v) is 5.39. The Morgan fingerprint density at radius 3 is 2.44 bits per heavy atom. The molecule has 5 heteroatoms. The van der Waals surface area contributed by atoms with Gasteiger partial charge in [-0.2, -0.15) is 12.6 Å². The Bertz CT molecular complexity index is 393. The van der Waals surface area contributed by atoms with Gasteiger partial charge in [0.25, 0.3) is 0 Å². The number of nitrogens with one attached hydrogen (secondary N) is 1. The number of carbonyl (C=O) groups is 1. The van der Waals surface area contributed by atoms with Gasteiger partial charge in [0.2, 0.25) is 5.91 Å². The lowest BCUT2D eigenvalue weighted by Gasteiger charge is -2.13. The number of methoxy groups -OCH3 is 2. The summed E-state index contributed by atoms with van der Waals surface area (Å²) in [6, 6.07) is 3.54. The monoisotopic (exact) mass is 241 g/mol. The molecule has 1 rings (SSSR count). The first kappa shape index (κ1) is 12.7. The molecule has 0 bridgehead atoms. The number of benzene rings is 1. The minimum Gasteiger partial charge on any atom is -0.496 e. The molecule has 0 aliphatic heterocycles. The number of anilines is 1. The van der Waals surface area contributed by atoms with E-state index in [1.165, 1.54) is 0 Å². The van der Waals surface area contributed by atoms with Crippen LogP contribution in [-0.4, -0.2) is 25.9 Å². The quantitative estimate of drug-likeness (QED) is 0.791. The zero-order valence-electron chi connectivity index (χ0n) is 9.53. The van der Waals surface area contributed by atoms with Gasteiger partial charge in [-0.05, 0) is 18.6 Å². The van der Waals surface area contributed by atoms with Crippen molar-refractivity contribution in [3.8, 4) is 11.5 Å². The maximum atomic E-state index is 11.3. The van der Waals surface area contributed by atoms with Crippen LogP contribution in [0.1, 0.15) is 5.56 Å². The number of aryl methyl sites for hydroxylation is 1. The number of rotatable bonds is 4. The highest BCUT2D eigenvalue weighted by Crippen LogP contribution is 2.32. The SMILES string of the molecule is COc1cc(NC(=O)CS)c(OC)cc1C. The molecular weight excluding hydrogens is 226 g/mol. The van der Waals surface area contributed by atoms with Crippen LogP contribution < -0.4 is 14.8 Å². The van der Waals surface area contributed by atoms with E-state index in [9.17, 15) is 4.79 Å². The Kier molecular flexibility index (Phi) is 4.49. The second kappa shape index (κ2) is 5.65. The van der Waals surface area contributed by atoms with Crippen LogP contribution >= 0.6 is 12.6 Å². The average Bonchev–Trinajstić information content (AvgIpc) is 2.30. The third kappa shape index (κ3) is 2.82. The van der Waals surface area contributed by atoms with Crippen LogP contribution in [0.2, 0.25) is 0 Å². The highest BCUT2D eigenvalue weighted by atomic mass is 32.1. The largest absolute Gasteiger partial charge is 0.496 e. The molecule has 0 aromatic heterocycles. The molecule has 0 spiro atoms. The summed E-state index contributed by atoms with van der Waals surface area (Å²) in [7, 11) is 3.14. The highest BCUT2D eigenvalue weighted by Gasteiger charge is 2.10. The van der Waals surface area contributed by atoms with Gasteiger partial charge in [0.05, 0.1) is 25.7 Å². The van der Waals surface area contributed by atoms with Gasteiger partial charge in [-0.3, -0.25) is 4.79 Å². The van der Waals surface area contributed by atoms with Crippen LogP contribution in [0.15, 0.2) is 12.1 Å². The van der Waals surface area contributed by atoms with E-state index in [1.807, 2.05) is 13.0 Å². The summed E-state index contributed by atoms with van der Waals surface area (Å²) in [5, 5.41) is 2.69. The van der Waals surface area contributed by atoms with Gasteiger partial charge in [-0.25, -0.2) is 0 Å². The summed E-state index contributed by atoms with van der Waals surface area (Å²) < 4.78 is 10.4. The molecule has 0 heterocycles. The fourth-order valence-corrected chi connectivity index (χ4v) is 1.42. The highest BCUT2D eigenvalue weighted by molar-refractivity contribution is 7.81. The maximum absolute atomic E-state index is 11.3. The maximum Gasteiger partial charge on any atom is 0.234 e. The van der Waals surface area contributed by atoms with E-state index in [0.29, 0.717) is 17.2 Å². The lowest BCUT2D eigenvalue weighted by Crippen LogP contribution is -2.13. The lowest BCUT2D eigenvalue weighted by molar-refractivity contribution is -0.113. The summed E-state index contributed by atoms with van der Waals surface area (Å²) in [5.41, 5.74) is 1.53. The zero-order valence-corrected chi connectivity index (χ0v) is 10.4. The fraction of sp³-hybridized carbons (Fsp3) is 0.364. The van der Waals surface area contributed by atoms with Crippen LogP contribution in [0.3, 0.4) is 0 Å². The van der Waals surface area contributed by atoms with Crippen molar-refractivity contribution >= 4 is 24.2 Å². The minimum absolute atomic E-state index is 0.124. The van der Waals surface area contributed by atoms with Crippen molar-refractivity contribution in [3.05, 3.63) is 17.7 Å². The molecule has 16 heavy (non-hydrogen) atoms. The van der Waals surface area contributed by atoms with Crippen molar-refractivity contribution in [2.75, 3.05) is 25.3 Å². The summed E-state index contributed by atoms with van der Waals surface area (Å²) in [5.74, 6) is 1.25. The molecule has 0 atom stereocenters. The Labute approximate surface area is 100 Å². The molecule has 88 valence electrons. The standard InChI is InChI=1S/C11H15NO3S/c1-7-4-10(15-3)8(5-9(7)14-2)12-11(13)6-16/h4-5,16H,6H2,1-3H3,(H,12,13). The van der Waals surface area contributed by atoms with Crippen LogP contribution in [0, 0.1) is 6.92 Å². The van der Waals surface area contributed by atoms with Crippen molar-refractivity contribution in [3.63, 3.8) is 0 Å². The molecule has 0 aliphatic carbocycles. The normalized spacial score (nSPS) is 9.75. The summed E-state index contributed by atoms with van der Waals surface area (Å²) in [4.78, 5) is 11.3. The Hall–Kier alpha value is -1.36. The van der Waals surface area contributed by atoms with Gasteiger partial charge in [-0.1, -0.05) is 0 Å². The Morgan fingerprint density at radius 2 is 1.94 bits per heavy atom. The molecule has 1 N–H and O–H groups in total. The van der Waals surface area contributed by atoms with Crippen LogP contribution in [-0.2, 0) is 4.79 Å². The smallest absolute Gasteiger partial charge is 0.234 e. The molecule has 0 saturated carbocycles. The number of amides is 1. The Morgan fingerprint density at radius 1 is 1.31 bits per heavy atom. The lowest BCUT2D eigenvalue weighted by atomic mass is 10.2. The number of carbonyl (C=O) groups excluding carboxylic acids is 1. The van der Waals surface area contributed by atoms with E-state index < -0.39 is 0 Å². The second-order valence-electron chi connectivity index (χ2n) is 3.23. The number of ether oxygens (including phenoxy) is 2. The van der Waals surface area contributed by atoms with E-state index in [2.05, 4.69) is 17.9 Å². The molecular formula is C11H15NO3S. The van der Waals surface area contributed by atoms with Crippen molar-refractivity contribution in [1.82, 2.24) is 0 Å². The summed E-state index contributed by atoms with van der Waals surface area (Å²) in [6.07, 6.45) is 0. The van der Waals surface area contributed by atoms with E-state index in [-0.39, 0.29) is 11.7 Å². The van der Waals surface area contributed by atoms with Gasteiger partial charge in [0.15, 0.2) is 0 Å². The molecule has 0 radical (unpaired) electrons. The third-order valence-corrected chi connectivity index (χ3v) is 2.42. The van der Waals surface area contributed by atoms with E-state index in [0.717, 1.165) is 5.56 Å². The number of hydrogen-bond acceptors (Lipinski definition) is 4. The van der Waals surface area contributed by atoms with Gasteiger partial charge < -0.3 is 14.8 Å². The van der Waals surface area contributed by atoms with Crippen molar-refractivity contribution in [2.45, 2.75) is 6.92 Å². The molecule has 1 aromatic carbocycles. The van der Waals surface area contributed by atoms with Gasteiger partial charge in [0, 0.05) is 6.07 Å².